The van der Waals surface area contributed by atoms with Gasteiger partial charge in [-0.1, -0.05) is 39.0 Å². The molecular formula is C12H16OS. The molecule has 0 aliphatic heterocycles. The van der Waals surface area contributed by atoms with Gasteiger partial charge in [0.15, 0.2) is 5.05 Å². The Morgan fingerprint density at radius 2 is 1.79 bits per heavy atom. The molecule has 0 amide bonds. The SMILES string of the molecule is CC(C)(C)CC(=S)Oc1ccccc1. The first-order valence-electron chi connectivity index (χ1n) is 4.73. The molecule has 0 saturated carbocycles. The van der Waals surface area contributed by atoms with E-state index in [9.17, 15) is 0 Å². The molecule has 0 fully saturated rings. The molecular weight excluding hydrogens is 192 g/mol. The molecule has 1 rings (SSSR count). The van der Waals surface area contributed by atoms with E-state index in [1.165, 1.54) is 0 Å². The van der Waals surface area contributed by atoms with Crippen molar-refractivity contribution < 1.29 is 4.74 Å². The number of hydrogen-bond donors (Lipinski definition) is 0. The third kappa shape index (κ3) is 4.38. The molecule has 0 N–H and O–H groups in total. The van der Waals surface area contributed by atoms with Crippen LogP contribution in [0.15, 0.2) is 30.3 Å². The van der Waals surface area contributed by atoms with E-state index in [2.05, 4.69) is 20.8 Å². The predicted octanol–water partition coefficient (Wildman–Crippen LogP) is 3.83. The fourth-order valence-electron chi connectivity index (χ4n) is 1.09. The van der Waals surface area contributed by atoms with Crippen molar-refractivity contribution in [2.24, 2.45) is 5.41 Å². The highest BCUT2D eigenvalue weighted by Crippen LogP contribution is 2.21. The molecule has 1 aromatic rings. The molecule has 1 nitrogen and oxygen atoms in total. The Balaban J connectivity index is 2.50. The lowest BCUT2D eigenvalue weighted by Gasteiger charge is -2.18. The minimum absolute atomic E-state index is 0.186. The van der Waals surface area contributed by atoms with Crippen LogP contribution in [0.2, 0.25) is 0 Å². The molecule has 0 saturated heterocycles. The number of rotatable bonds is 2. The van der Waals surface area contributed by atoms with Gasteiger partial charge in [0.2, 0.25) is 0 Å². The summed E-state index contributed by atoms with van der Waals surface area (Å²) < 4.78 is 5.52. The lowest BCUT2D eigenvalue weighted by molar-refractivity contribution is 0.404. The quantitative estimate of drug-likeness (QED) is 0.683. The Labute approximate surface area is 91.1 Å². The summed E-state index contributed by atoms with van der Waals surface area (Å²) in [7, 11) is 0. The van der Waals surface area contributed by atoms with Gasteiger partial charge in [0.1, 0.15) is 5.75 Å². The van der Waals surface area contributed by atoms with Gasteiger partial charge in [-0.2, -0.15) is 0 Å². The van der Waals surface area contributed by atoms with Gasteiger partial charge < -0.3 is 4.74 Å². The molecule has 0 aromatic heterocycles. The lowest BCUT2D eigenvalue weighted by atomic mass is 9.93. The number of para-hydroxylation sites is 1. The number of hydrogen-bond acceptors (Lipinski definition) is 2. The minimum atomic E-state index is 0.186. The second kappa shape index (κ2) is 4.56. The molecule has 76 valence electrons. The summed E-state index contributed by atoms with van der Waals surface area (Å²) in [5.74, 6) is 0.821. The average Bonchev–Trinajstić information content (AvgIpc) is 2.02. The summed E-state index contributed by atoms with van der Waals surface area (Å²) in [5, 5.41) is 0.656. The van der Waals surface area contributed by atoms with Crippen LogP contribution in [0.1, 0.15) is 27.2 Å². The average molecular weight is 208 g/mol. The summed E-state index contributed by atoms with van der Waals surface area (Å²) in [4.78, 5) is 0. The Hall–Kier alpha value is -0.890. The maximum absolute atomic E-state index is 5.52. The predicted molar refractivity (Wildman–Crippen MR) is 63.7 cm³/mol. The Morgan fingerprint density at radius 1 is 1.21 bits per heavy atom. The van der Waals surface area contributed by atoms with Gasteiger partial charge in [-0.15, -0.1) is 0 Å². The summed E-state index contributed by atoms with van der Waals surface area (Å²) >= 11 is 5.16. The topological polar surface area (TPSA) is 9.23 Å². The van der Waals surface area contributed by atoms with Gasteiger partial charge in [-0.25, -0.2) is 0 Å². The van der Waals surface area contributed by atoms with Crippen LogP contribution in [0.5, 0.6) is 5.75 Å². The van der Waals surface area contributed by atoms with Crippen LogP contribution in [0.25, 0.3) is 0 Å². The highest BCUT2D eigenvalue weighted by Gasteiger charge is 2.14. The van der Waals surface area contributed by atoms with Gasteiger partial charge in [0, 0.05) is 6.42 Å². The van der Waals surface area contributed by atoms with Crippen LogP contribution >= 0.6 is 12.2 Å². The van der Waals surface area contributed by atoms with E-state index < -0.39 is 0 Å². The van der Waals surface area contributed by atoms with E-state index in [1.807, 2.05) is 30.3 Å². The fourth-order valence-corrected chi connectivity index (χ4v) is 1.62. The van der Waals surface area contributed by atoms with Gasteiger partial charge in [0.25, 0.3) is 0 Å². The van der Waals surface area contributed by atoms with Crippen LogP contribution in [-0.2, 0) is 0 Å². The molecule has 0 heterocycles. The van der Waals surface area contributed by atoms with Crippen molar-refractivity contribution in [1.29, 1.82) is 0 Å². The van der Waals surface area contributed by atoms with Crippen LogP contribution < -0.4 is 4.74 Å². The van der Waals surface area contributed by atoms with Crippen molar-refractivity contribution in [3.05, 3.63) is 30.3 Å². The zero-order chi connectivity index (χ0) is 10.6. The van der Waals surface area contributed by atoms with Crippen molar-refractivity contribution in [3.8, 4) is 5.75 Å². The highest BCUT2D eigenvalue weighted by atomic mass is 32.1. The van der Waals surface area contributed by atoms with Gasteiger partial charge >= 0.3 is 0 Å². The van der Waals surface area contributed by atoms with E-state index >= 15 is 0 Å². The van der Waals surface area contributed by atoms with Crippen LogP contribution in [0.3, 0.4) is 0 Å². The Bertz CT molecular complexity index is 298. The summed E-state index contributed by atoms with van der Waals surface area (Å²) in [6.07, 6.45) is 0.803. The smallest absolute Gasteiger partial charge is 0.167 e. The summed E-state index contributed by atoms with van der Waals surface area (Å²) in [6.45, 7) is 6.44. The maximum atomic E-state index is 5.52. The maximum Gasteiger partial charge on any atom is 0.167 e. The first-order chi connectivity index (χ1) is 6.47. The molecule has 1 aromatic carbocycles. The monoisotopic (exact) mass is 208 g/mol. The zero-order valence-corrected chi connectivity index (χ0v) is 9.73. The number of ether oxygens (including phenoxy) is 1. The molecule has 0 atom stereocenters. The molecule has 0 unspecified atom stereocenters. The Kier molecular flexibility index (Phi) is 3.64. The number of benzene rings is 1. The van der Waals surface area contributed by atoms with Crippen LogP contribution in [0.4, 0.5) is 0 Å². The number of thiocarbonyl (C=S) groups is 1. The van der Waals surface area contributed by atoms with E-state index in [4.69, 9.17) is 17.0 Å². The van der Waals surface area contributed by atoms with E-state index in [1.54, 1.807) is 0 Å². The lowest BCUT2D eigenvalue weighted by Crippen LogP contribution is -2.15. The van der Waals surface area contributed by atoms with Crippen molar-refractivity contribution >= 4 is 17.3 Å². The second-order valence-electron chi connectivity index (χ2n) is 4.52. The summed E-state index contributed by atoms with van der Waals surface area (Å²) in [5.41, 5.74) is 0.186. The second-order valence-corrected chi connectivity index (χ2v) is 4.98. The Morgan fingerprint density at radius 3 is 2.29 bits per heavy atom. The molecule has 0 radical (unpaired) electrons. The minimum Gasteiger partial charge on any atom is -0.450 e. The van der Waals surface area contributed by atoms with E-state index in [0.717, 1.165) is 12.2 Å². The third-order valence-electron chi connectivity index (χ3n) is 1.65. The molecule has 2 heteroatoms. The first kappa shape index (κ1) is 11.2. The molecule has 14 heavy (non-hydrogen) atoms. The molecule has 0 spiro atoms. The first-order valence-corrected chi connectivity index (χ1v) is 5.14. The largest absolute Gasteiger partial charge is 0.450 e. The standard InChI is InChI=1S/C12H16OS/c1-12(2,3)9-11(14)13-10-7-5-4-6-8-10/h4-8H,9H2,1-3H3. The third-order valence-corrected chi connectivity index (χ3v) is 1.88. The summed E-state index contributed by atoms with van der Waals surface area (Å²) in [6, 6.07) is 9.66. The van der Waals surface area contributed by atoms with Gasteiger partial charge in [-0.3, -0.25) is 0 Å². The van der Waals surface area contributed by atoms with Crippen molar-refractivity contribution in [1.82, 2.24) is 0 Å². The van der Waals surface area contributed by atoms with Crippen molar-refractivity contribution in [3.63, 3.8) is 0 Å². The van der Waals surface area contributed by atoms with Gasteiger partial charge in [0.05, 0.1) is 0 Å². The normalized spacial score (nSPS) is 11.1. The van der Waals surface area contributed by atoms with E-state index in [0.29, 0.717) is 5.05 Å². The van der Waals surface area contributed by atoms with Crippen LogP contribution in [-0.4, -0.2) is 5.05 Å². The zero-order valence-electron chi connectivity index (χ0n) is 8.91. The van der Waals surface area contributed by atoms with Crippen molar-refractivity contribution in [2.45, 2.75) is 27.2 Å². The van der Waals surface area contributed by atoms with E-state index in [-0.39, 0.29) is 5.41 Å². The van der Waals surface area contributed by atoms with Crippen LogP contribution in [0, 0.1) is 5.41 Å². The molecule has 0 aliphatic carbocycles. The highest BCUT2D eigenvalue weighted by molar-refractivity contribution is 7.80. The fraction of sp³-hybridized carbons (Fsp3) is 0.417. The molecule has 0 aliphatic rings. The van der Waals surface area contributed by atoms with Crippen molar-refractivity contribution in [2.75, 3.05) is 0 Å². The van der Waals surface area contributed by atoms with Gasteiger partial charge in [-0.05, 0) is 29.8 Å². The molecule has 0 bridgehead atoms.